The molecule has 0 saturated carbocycles. The lowest BCUT2D eigenvalue weighted by atomic mass is 10.1. The highest BCUT2D eigenvalue weighted by atomic mass is 16.4. The highest BCUT2D eigenvalue weighted by molar-refractivity contribution is 6.02. The van der Waals surface area contributed by atoms with E-state index >= 15 is 0 Å². The second-order valence-corrected chi connectivity index (χ2v) is 7.20. The molecule has 0 spiro atoms. The van der Waals surface area contributed by atoms with Crippen molar-refractivity contribution in [1.29, 1.82) is 0 Å². The Bertz CT molecular complexity index is 1250. The lowest BCUT2D eigenvalue weighted by molar-refractivity contribution is 0.203. The molecule has 1 atom stereocenters. The van der Waals surface area contributed by atoms with E-state index < -0.39 is 6.09 Å². The molecule has 0 bridgehead atoms. The lowest BCUT2D eigenvalue weighted by Gasteiger charge is -2.16. The molecule has 152 valence electrons. The maximum Gasteiger partial charge on any atom is 0.411 e. The zero-order valence-electron chi connectivity index (χ0n) is 16.9. The number of amides is 1. The Morgan fingerprint density at radius 2 is 1.93 bits per heavy atom. The maximum absolute atomic E-state index is 11.7. The van der Waals surface area contributed by atoms with Crippen LogP contribution in [0.15, 0.2) is 54.7 Å². The molecule has 8 nitrogen and oxygen atoms in total. The predicted octanol–water partition coefficient (Wildman–Crippen LogP) is 3.92. The zero-order valence-corrected chi connectivity index (χ0v) is 16.9. The predicted molar refractivity (Wildman–Crippen MR) is 116 cm³/mol. The zero-order chi connectivity index (χ0) is 21.4. The fourth-order valence-electron chi connectivity index (χ4n) is 3.33. The van der Waals surface area contributed by atoms with Gasteiger partial charge in [-0.25, -0.2) is 14.5 Å². The minimum absolute atomic E-state index is 0.211. The lowest BCUT2D eigenvalue weighted by Crippen LogP contribution is -2.24. The van der Waals surface area contributed by atoms with E-state index in [0.717, 1.165) is 22.5 Å². The van der Waals surface area contributed by atoms with Gasteiger partial charge in [0.1, 0.15) is 0 Å². The number of aryl methyl sites for hydroxylation is 1. The second-order valence-electron chi connectivity index (χ2n) is 7.20. The summed E-state index contributed by atoms with van der Waals surface area (Å²) in [5.41, 5.74) is 10.3. The van der Waals surface area contributed by atoms with Gasteiger partial charge in [0.05, 0.1) is 28.8 Å². The van der Waals surface area contributed by atoms with Crippen molar-refractivity contribution in [2.75, 3.05) is 11.9 Å². The molecule has 0 aliphatic heterocycles. The molecule has 0 fully saturated rings. The fraction of sp³-hybridized carbons (Fsp3) is 0.182. The molecule has 0 saturated heterocycles. The van der Waals surface area contributed by atoms with Crippen molar-refractivity contribution in [3.8, 4) is 17.1 Å². The van der Waals surface area contributed by atoms with E-state index in [9.17, 15) is 9.90 Å². The number of carboxylic acid groups (broad SMARTS) is 1. The molecule has 0 radical (unpaired) electrons. The maximum atomic E-state index is 11.7. The van der Waals surface area contributed by atoms with Crippen LogP contribution in [-0.4, -0.2) is 38.0 Å². The molecule has 3 aromatic heterocycles. The summed E-state index contributed by atoms with van der Waals surface area (Å²) < 4.78 is 1.71. The van der Waals surface area contributed by atoms with Crippen LogP contribution < -0.4 is 10.6 Å². The third-order valence-corrected chi connectivity index (χ3v) is 4.94. The van der Waals surface area contributed by atoms with Gasteiger partial charge in [0.15, 0.2) is 5.82 Å². The first-order valence-corrected chi connectivity index (χ1v) is 9.50. The first-order chi connectivity index (χ1) is 14.3. The third-order valence-electron chi connectivity index (χ3n) is 4.94. The van der Waals surface area contributed by atoms with Crippen molar-refractivity contribution in [1.82, 2.24) is 19.7 Å². The van der Waals surface area contributed by atoms with Crippen LogP contribution in [0.5, 0.6) is 0 Å². The van der Waals surface area contributed by atoms with Crippen molar-refractivity contribution in [2.45, 2.75) is 19.9 Å². The van der Waals surface area contributed by atoms with E-state index in [-0.39, 0.29) is 6.04 Å². The number of rotatable bonds is 4. The van der Waals surface area contributed by atoms with Gasteiger partial charge in [0.25, 0.3) is 0 Å². The summed E-state index contributed by atoms with van der Waals surface area (Å²) in [5.74, 6) is 0.656. The summed E-state index contributed by atoms with van der Waals surface area (Å²) in [5, 5.41) is 14.8. The SMILES string of the molecule is Cc1cccc(-n2ncc3c(N(C)C(=O)O)cc(-c4cccc(C(C)N)n4)cc32)n1. The van der Waals surface area contributed by atoms with Gasteiger partial charge in [-0.15, -0.1) is 0 Å². The number of nitrogens with zero attached hydrogens (tertiary/aromatic N) is 5. The van der Waals surface area contributed by atoms with Gasteiger partial charge in [-0.05, 0) is 50.2 Å². The quantitative estimate of drug-likeness (QED) is 0.535. The summed E-state index contributed by atoms with van der Waals surface area (Å²) in [4.78, 5) is 22.1. The second kappa shape index (κ2) is 7.57. The van der Waals surface area contributed by atoms with E-state index in [0.29, 0.717) is 22.6 Å². The number of carbonyl (C=O) groups is 1. The van der Waals surface area contributed by atoms with Crippen LogP contribution in [0, 0.1) is 6.92 Å². The molecule has 4 rings (SSSR count). The molecule has 8 heteroatoms. The van der Waals surface area contributed by atoms with Gasteiger partial charge < -0.3 is 10.8 Å². The Morgan fingerprint density at radius 1 is 1.17 bits per heavy atom. The minimum Gasteiger partial charge on any atom is -0.465 e. The summed E-state index contributed by atoms with van der Waals surface area (Å²) in [6.07, 6.45) is 0.594. The van der Waals surface area contributed by atoms with Gasteiger partial charge in [-0.2, -0.15) is 5.10 Å². The number of hydrogen-bond donors (Lipinski definition) is 2. The highest BCUT2D eigenvalue weighted by Crippen LogP contribution is 2.33. The van der Waals surface area contributed by atoms with Gasteiger partial charge in [0, 0.05) is 29.7 Å². The van der Waals surface area contributed by atoms with Crippen molar-refractivity contribution in [3.63, 3.8) is 0 Å². The number of hydrogen-bond acceptors (Lipinski definition) is 5. The molecule has 1 aromatic carbocycles. The Kier molecular flexibility index (Phi) is 4.93. The van der Waals surface area contributed by atoms with E-state index in [1.165, 1.54) is 11.9 Å². The molecule has 30 heavy (non-hydrogen) atoms. The number of nitrogens with two attached hydrogens (primary N) is 1. The Balaban J connectivity index is 1.99. The van der Waals surface area contributed by atoms with E-state index in [4.69, 9.17) is 5.73 Å². The number of fused-ring (bicyclic) bond motifs is 1. The Morgan fingerprint density at radius 3 is 2.63 bits per heavy atom. The monoisotopic (exact) mass is 402 g/mol. The van der Waals surface area contributed by atoms with Crippen LogP contribution in [0.25, 0.3) is 28.0 Å². The molecular formula is C22H22N6O2. The summed E-state index contributed by atoms with van der Waals surface area (Å²) in [6.45, 7) is 3.78. The van der Waals surface area contributed by atoms with Gasteiger partial charge in [-0.1, -0.05) is 12.1 Å². The van der Waals surface area contributed by atoms with Gasteiger partial charge >= 0.3 is 6.09 Å². The smallest absolute Gasteiger partial charge is 0.411 e. The fourth-order valence-corrected chi connectivity index (χ4v) is 3.33. The first-order valence-electron chi connectivity index (χ1n) is 9.50. The van der Waals surface area contributed by atoms with Gasteiger partial charge in [-0.3, -0.25) is 9.88 Å². The van der Waals surface area contributed by atoms with Crippen LogP contribution in [0.3, 0.4) is 0 Å². The average Bonchev–Trinajstić information content (AvgIpc) is 3.16. The molecule has 4 aromatic rings. The molecule has 1 unspecified atom stereocenters. The first kappa shape index (κ1) is 19.5. The largest absolute Gasteiger partial charge is 0.465 e. The standard InChI is InChI=1S/C22H22N6O2/c1-13-6-4-9-21(25-13)28-20-11-15(18-8-5-7-17(26-18)14(2)23)10-19(16(20)12-24-28)27(3)22(29)30/h4-12,14H,23H2,1-3H3,(H,29,30). The van der Waals surface area contributed by atoms with Crippen molar-refractivity contribution in [3.05, 3.63) is 66.1 Å². The number of aromatic nitrogens is 4. The molecule has 3 N–H and O–H groups in total. The van der Waals surface area contributed by atoms with E-state index in [1.54, 1.807) is 16.9 Å². The molecule has 1 amide bonds. The molecule has 3 heterocycles. The summed E-state index contributed by atoms with van der Waals surface area (Å²) in [7, 11) is 1.51. The third kappa shape index (κ3) is 3.48. The van der Waals surface area contributed by atoms with E-state index in [2.05, 4.69) is 15.1 Å². The van der Waals surface area contributed by atoms with Crippen LogP contribution in [-0.2, 0) is 0 Å². The average molecular weight is 402 g/mol. The van der Waals surface area contributed by atoms with Crippen LogP contribution >= 0.6 is 0 Å². The highest BCUT2D eigenvalue weighted by Gasteiger charge is 2.19. The van der Waals surface area contributed by atoms with Crippen LogP contribution in [0.4, 0.5) is 10.5 Å². The van der Waals surface area contributed by atoms with Crippen LogP contribution in [0.1, 0.15) is 24.4 Å². The summed E-state index contributed by atoms with van der Waals surface area (Å²) in [6, 6.07) is 14.9. The summed E-state index contributed by atoms with van der Waals surface area (Å²) >= 11 is 0. The number of anilines is 1. The van der Waals surface area contributed by atoms with Crippen LogP contribution in [0.2, 0.25) is 0 Å². The van der Waals surface area contributed by atoms with Crippen molar-refractivity contribution >= 4 is 22.7 Å². The van der Waals surface area contributed by atoms with E-state index in [1.807, 2.05) is 56.3 Å². The Hall–Kier alpha value is -3.78. The number of pyridine rings is 2. The Labute approximate surface area is 173 Å². The minimum atomic E-state index is -1.06. The van der Waals surface area contributed by atoms with Crippen molar-refractivity contribution < 1.29 is 9.90 Å². The molecular weight excluding hydrogens is 380 g/mol. The normalized spacial score (nSPS) is 12.1. The van der Waals surface area contributed by atoms with Crippen molar-refractivity contribution in [2.24, 2.45) is 5.73 Å². The molecule has 0 aliphatic rings. The van der Waals surface area contributed by atoms with Gasteiger partial charge in [0.2, 0.25) is 0 Å². The molecule has 0 aliphatic carbocycles. The topological polar surface area (TPSA) is 110 Å². The number of benzene rings is 1.